The van der Waals surface area contributed by atoms with Crippen molar-refractivity contribution in [3.63, 3.8) is 0 Å². The van der Waals surface area contributed by atoms with Crippen molar-refractivity contribution in [1.82, 2.24) is 20.0 Å². The van der Waals surface area contributed by atoms with Gasteiger partial charge in [-0.3, -0.25) is 4.79 Å². The van der Waals surface area contributed by atoms with Crippen LogP contribution in [0.3, 0.4) is 0 Å². The summed E-state index contributed by atoms with van der Waals surface area (Å²) >= 11 is 1.15. The van der Waals surface area contributed by atoms with Crippen LogP contribution in [0.1, 0.15) is 23.4 Å². The van der Waals surface area contributed by atoms with Gasteiger partial charge in [-0.25, -0.2) is 9.07 Å². The van der Waals surface area contributed by atoms with Crippen molar-refractivity contribution in [2.45, 2.75) is 26.7 Å². The van der Waals surface area contributed by atoms with Gasteiger partial charge in [0.05, 0.1) is 11.4 Å². The Morgan fingerprint density at radius 3 is 2.57 bits per heavy atom. The van der Waals surface area contributed by atoms with Crippen LogP contribution in [-0.4, -0.2) is 25.9 Å². The standard InChI is InChI=1S/C22H20FN5OS/c1-14-17(15(2)28(27-14)16-8-4-3-5-9-16)12-13-20(29)24-22-26-25-21(30-22)18-10-6-7-11-19(18)23/h3-11H,12-13H2,1-2H3,(H,24,26,29). The number of hydrogen-bond donors (Lipinski definition) is 1. The Morgan fingerprint density at radius 2 is 1.80 bits per heavy atom. The van der Waals surface area contributed by atoms with Crippen molar-refractivity contribution in [3.8, 4) is 16.3 Å². The minimum atomic E-state index is -0.368. The molecule has 30 heavy (non-hydrogen) atoms. The van der Waals surface area contributed by atoms with E-state index < -0.39 is 0 Å². The van der Waals surface area contributed by atoms with E-state index in [0.29, 0.717) is 22.1 Å². The average molecular weight is 422 g/mol. The van der Waals surface area contributed by atoms with Gasteiger partial charge in [-0.2, -0.15) is 5.10 Å². The molecule has 2 aromatic carbocycles. The van der Waals surface area contributed by atoms with Gasteiger partial charge in [0, 0.05) is 17.7 Å². The predicted molar refractivity (Wildman–Crippen MR) is 115 cm³/mol. The molecule has 0 aliphatic rings. The first-order valence-corrected chi connectivity index (χ1v) is 10.3. The molecule has 0 saturated heterocycles. The first-order valence-electron chi connectivity index (χ1n) is 9.51. The number of benzene rings is 2. The summed E-state index contributed by atoms with van der Waals surface area (Å²) in [6.07, 6.45) is 0.853. The van der Waals surface area contributed by atoms with Crippen LogP contribution in [-0.2, 0) is 11.2 Å². The number of nitrogens with one attached hydrogen (secondary N) is 1. The van der Waals surface area contributed by atoms with Gasteiger partial charge in [0.1, 0.15) is 5.82 Å². The summed E-state index contributed by atoms with van der Waals surface area (Å²) in [7, 11) is 0. The third-order valence-electron chi connectivity index (χ3n) is 4.82. The number of rotatable bonds is 6. The fraction of sp³-hybridized carbons (Fsp3) is 0.182. The molecule has 0 bridgehead atoms. The molecule has 0 aliphatic heterocycles. The number of aromatic nitrogens is 4. The zero-order valence-corrected chi connectivity index (χ0v) is 17.4. The van der Waals surface area contributed by atoms with Crippen molar-refractivity contribution in [1.29, 1.82) is 0 Å². The van der Waals surface area contributed by atoms with Crippen molar-refractivity contribution < 1.29 is 9.18 Å². The fourth-order valence-electron chi connectivity index (χ4n) is 3.29. The summed E-state index contributed by atoms with van der Waals surface area (Å²) in [5, 5.41) is 16.1. The molecule has 2 heterocycles. The van der Waals surface area contributed by atoms with Crippen LogP contribution in [0.15, 0.2) is 54.6 Å². The molecule has 0 unspecified atom stereocenters. The van der Waals surface area contributed by atoms with Gasteiger partial charge < -0.3 is 5.32 Å². The summed E-state index contributed by atoms with van der Waals surface area (Å²) in [5.41, 5.74) is 4.34. The molecule has 0 fully saturated rings. The highest BCUT2D eigenvalue weighted by atomic mass is 32.1. The van der Waals surface area contributed by atoms with Crippen LogP contribution in [0.5, 0.6) is 0 Å². The van der Waals surface area contributed by atoms with Gasteiger partial charge in [-0.05, 0) is 50.1 Å². The van der Waals surface area contributed by atoms with Crippen LogP contribution < -0.4 is 5.32 Å². The number of amides is 1. The molecule has 0 atom stereocenters. The van der Waals surface area contributed by atoms with E-state index in [9.17, 15) is 9.18 Å². The van der Waals surface area contributed by atoms with Crippen molar-refractivity contribution in [2.75, 3.05) is 5.32 Å². The summed E-state index contributed by atoms with van der Waals surface area (Å²) < 4.78 is 15.8. The normalized spacial score (nSPS) is 10.9. The maximum atomic E-state index is 13.9. The van der Waals surface area contributed by atoms with Crippen LogP contribution in [0, 0.1) is 19.7 Å². The SMILES string of the molecule is Cc1nn(-c2ccccc2)c(C)c1CCC(=O)Nc1nnc(-c2ccccc2F)s1. The second-order valence-electron chi connectivity index (χ2n) is 6.84. The smallest absolute Gasteiger partial charge is 0.226 e. The lowest BCUT2D eigenvalue weighted by atomic mass is 10.1. The van der Waals surface area contributed by atoms with E-state index in [1.807, 2.05) is 48.9 Å². The molecule has 6 nitrogen and oxygen atoms in total. The van der Waals surface area contributed by atoms with Gasteiger partial charge in [-0.1, -0.05) is 41.7 Å². The summed E-state index contributed by atoms with van der Waals surface area (Å²) in [6.45, 7) is 3.96. The Bertz CT molecular complexity index is 1190. The van der Waals surface area contributed by atoms with Gasteiger partial charge in [-0.15, -0.1) is 10.2 Å². The minimum absolute atomic E-state index is 0.169. The lowest BCUT2D eigenvalue weighted by Crippen LogP contribution is -2.12. The third kappa shape index (κ3) is 4.13. The Hall–Kier alpha value is -3.39. The second kappa shape index (κ2) is 8.54. The Labute approximate surface area is 177 Å². The Morgan fingerprint density at radius 1 is 1.07 bits per heavy atom. The van der Waals surface area contributed by atoms with Crippen LogP contribution in [0.4, 0.5) is 9.52 Å². The number of hydrogen-bond acceptors (Lipinski definition) is 5. The molecule has 0 aliphatic carbocycles. The largest absolute Gasteiger partial charge is 0.301 e. The molecular formula is C22H20FN5OS. The number of carbonyl (C=O) groups excluding carboxylic acids is 1. The van der Waals surface area contributed by atoms with Crippen LogP contribution in [0.25, 0.3) is 16.3 Å². The van der Waals surface area contributed by atoms with Crippen LogP contribution >= 0.6 is 11.3 Å². The second-order valence-corrected chi connectivity index (χ2v) is 7.81. The van der Waals surface area contributed by atoms with E-state index in [-0.39, 0.29) is 18.1 Å². The zero-order chi connectivity index (χ0) is 21.1. The lowest BCUT2D eigenvalue weighted by molar-refractivity contribution is -0.116. The summed E-state index contributed by atoms with van der Waals surface area (Å²) in [5.74, 6) is -0.537. The molecule has 2 aromatic heterocycles. The van der Waals surface area contributed by atoms with Gasteiger partial charge in [0.25, 0.3) is 0 Å². The molecule has 4 aromatic rings. The van der Waals surface area contributed by atoms with Crippen LogP contribution in [0.2, 0.25) is 0 Å². The van der Waals surface area contributed by atoms with Crippen molar-refractivity contribution >= 4 is 22.4 Å². The fourth-order valence-corrected chi connectivity index (χ4v) is 4.08. The zero-order valence-electron chi connectivity index (χ0n) is 16.6. The molecule has 0 spiro atoms. The van der Waals surface area contributed by atoms with Crippen molar-refractivity contribution in [3.05, 3.63) is 77.4 Å². The highest BCUT2D eigenvalue weighted by molar-refractivity contribution is 7.18. The Balaban J connectivity index is 1.42. The third-order valence-corrected chi connectivity index (χ3v) is 5.69. The number of para-hydroxylation sites is 1. The molecule has 8 heteroatoms. The molecule has 1 amide bonds. The molecule has 4 rings (SSSR count). The molecule has 1 N–H and O–H groups in total. The van der Waals surface area contributed by atoms with E-state index >= 15 is 0 Å². The number of carbonyl (C=O) groups is 1. The topological polar surface area (TPSA) is 72.7 Å². The van der Waals surface area contributed by atoms with E-state index in [2.05, 4.69) is 20.6 Å². The van der Waals surface area contributed by atoms with Gasteiger partial charge in [0.15, 0.2) is 5.01 Å². The molecular weight excluding hydrogens is 401 g/mol. The Kier molecular flexibility index (Phi) is 5.67. The van der Waals surface area contributed by atoms with E-state index in [0.717, 1.165) is 34.0 Å². The number of aryl methyl sites for hydroxylation is 1. The summed E-state index contributed by atoms with van der Waals surface area (Å²) in [6, 6.07) is 16.3. The van der Waals surface area contributed by atoms with Gasteiger partial charge >= 0.3 is 0 Å². The minimum Gasteiger partial charge on any atom is -0.301 e. The number of nitrogens with zero attached hydrogens (tertiary/aromatic N) is 4. The highest BCUT2D eigenvalue weighted by Crippen LogP contribution is 2.28. The molecule has 0 saturated carbocycles. The predicted octanol–water partition coefficient (Wildman–Crippen LogP) is 4.72. The summed E-state index contributed by atoms with van der Waals surface area (Å²) in [4.78, 5) is 12.4. The average Bonchev–Trinajstić information content (AvgIpc) is 3.31. The highest BCUT2D eigenvalue weighted by Gasteiger charge is 2.16. The van der Waals surface area contributed by atoms with Crippen molar-refractivity contribution in [2.24, 2.45) is 0 Å². The molecule has 0 radical (unpaired) electrons. The first kappa shape index (κ1) is 19.9. The lowest BCUT2D eigenvalue weighted by Gasteiger charge is -2.05. The maximum Gasteiger partial charge on any atom is 0.226 e. The quantitative estimate of drug-likeness (QED) is 0.489. The van der Waals surface area contributed by atoms with E-state index in [4.69, 9.17) is 0 Å². The monoisotopic (exact) mass is 421 g/mol. The van der Waals surface area contributed by atoms with E-state index in [1.165, 1.54) is 6.07 Å². The van der Waals surface area contributed by atoms with Gasteiger partial charge in [0.2, 0.25) is 11.0 Å². The maximum absolute atomic E-state index is 13.9. The number of halogens is 1. The first-order chi connectivity index (χ1) is 14.5. The van der Waals surface area contributed by atoms with E-state index in [1.54, 1.807) is 18.2 Å². The molecule has 152 valence electrons. The number of anilines is 1.